The molecule has 0 atom stereocenters. The lowest BCUT2D eigenvalue weighted by Gasteiger charge is -2.22. The molecule has 0 saturated heterocycles. The maximum absolute atomic E-state index is 6.01. The van der Waals surface area contributed by atoms with E-state index in [1.807, 2.05) is 39.0 Å². The molecule has 102 valence electrons. The zero-order chi connectivity index (χ0) is 14.0. The average Bonchev–Trinajstić information content (AvgIpc) is 2.79. The van der Waals surface area contributed by atoms with Crippen LogP contribution >= 0.6 is 0 Å². The van der Waals surface area contributed by atoms with Crippen LogP contribution in [-0.2, 0) is 11.3 Å². The van der Waals surface area contributed by atoms with E-state index < -0.39 is 0 Å². The molecule has 0 saturated carbocycles. The number of aryl methyl sites for hydroxylation is 1. The third-order valence-corrected chi connectivity index (χ3v) is 3.06. The summed E-state index contributed by atoms with van der Waals surface area (Å²) in [6.07, 6.45) is 0. The van der Waals surface area contributed by atoms with Crippen LogP contribution in [0.15, 0.2) is 18.2 Å². The van der Waals surface area contributed by atoms with E-state index in [-0.39, 0.29) is 5.60 Å². The molecule has 6 heteroatoms. The summed E-state index contributed by atoms with van der Waals surface area (Å²) in [6.45, 7) is 6.53. The highest BCUT2D eigenvalue weighted by molar-refractivity contribution is 5.72. The van der Waals surface area contributed by atoms with Crippen molar-refractivity contribution in [3.05, 3.63) is 23.8 Å². The lowest BCUT2D eigenvalue weighted by molar-refractivity contribution is 0.00539. The van der Waals surface area contributed by atoms with Crippen LogP contribution in [0.4, 0.5) is 5.69 Å². The fourth-order valence-electron chi connectivity index (χ4n) is 1.79. The number of methoxy groups -OCH3 is 1. The van der Waals surface area contributed by atoms with Crippen LogP contribution in [0.25, 0.3) is 11.4 Å². The molecule has 0 aliphatic heterocycles. The summed E-state index contributed by atoms with van der Waals surface area (Å²) in [5, 5.41) is 11.8. The quantitative estimate of drug-likeness (QED) is 0.847. The normalized spacial score (nSPS) is 11.8. The van der Waals surface area contributed by atoms with Gasteiger partial charge in [-0.1, -0.05) is 11.6 Å². The van der Waals surface area contributed by atoms with E-state index in [4.69, 9.17) is 10.5 Å². The van der Waals surface area contributed by atoms with Crippen molar-refractivity contribution in [2.24, 2.45) is 0 Å². The zero-order valence-corrected chi connectivity index (χ0v) is 11.7. The minimum atomic E-state index is -0.345. The maximum Gasteiger partial charge on any atom is 0.184 e. The number of hydrogen-bond acceptors (Lipinski definition) is 5. The van der Waals surface area contributed by atoms with E-state index in [2.05, 4.69) is 15.5 Å². The number of nitrogens with two attached hydrogens (primary N) is 1. The predicted molar refractivity (Wildman–Crippen MR) is 73.5 cm³/mol. The Labute approximate surface area is 112 Å². The van der Waals surface area contributed by atoms with Crippen molar-refractivity contribution in [2.75, 3.05) is 12.8 Å². The average molecular weight is 261 g/mol. The summed E-state index contributed by atoms with van der Waals surface area (Å²) >= 11 is 0. The first kappa shape index (κ1) is 13.5. The zero-order valence-electron chi connectivity index (χ0n) is 11.7. The number of tetrazole rings is 1. The van der Waals surface area contributed by atoms with Gasteiger partial charge in [-0.05, 0) is 43.3 Å². The van der Waals surface area contributed by atoms with Crippen molar-refractivity contribution >= 4 is 5.69 Å². The Morgan fingerprint density at radius 1 is 1.37 bits per heavy atom. The van der Waals surface area contributed by atoms with E-state index in [1.165, 1.54) is 0 Å². The third-order valence-electron chi connectivity index (χ3n) is 3.06. The van der Waals surface area contributed by atoms with Gasteiger partial charge in [0.1, 0.15) is 0 Å². The number of rotatable bonds is 4. The Morgan fingerprint density at radius 3 is 2.79 bits per heavy atom. The topological polar surface area (TPSA) is 78.8 Å². The number of nitrogens with zero attached hydrogens (tertiary/aromatic N) is 4. The summed E-state index contributed by atoms with van der Waals surface area (Å²) in [7, 11) is 1.67. The molecule has 0 aliphatic rings. The first-order chi connectivity index (χ1) is 8.93. The second-order valence-electron chi connectivity index (χ2n) is 5.21. The van der Waals surface area contributed by atoms with Gasteiger partial charge in [-0.2, -0.15) is 0 Å². The number of aromatic nitrogens is 4. The second-order valence-corrected chi connectivity index (χ2v) is 5.21. The first-order valence-electron chi connectivity index (χ1n) is 6.11. The van der Waals surface area contributed by atoms with Crippen LogP contribution in [0.2, 0.25) is 0 Å². The summed E-state index contributed by atoms with van der Waals surface area (Å²) in [4.78, 5) is 0. The van der Waals surface area contributed by atoms with Crippen LogP contribution < -0.4 is 5.73 Å². The monoisotopic (exact) mass is 261 g/mol. The number of nitrogen functional groups attached to an aromatic ring is 1. The molecule has 6 nitrogen and oxygen atoms in total. The number of ether oxygens (including phenoxy) is 1. The first-order valence-corrected chi connectivity index (χ1v) is 6.11. The van der Waals surface area contributed by atoms with E-state index in [1.54, 1.807) is 11.8 Å². The fraction of sp³-hybridized carbons (Fsp3) is 0.462. The molecule has 1 aromatic heterocycles. The van der Waals surface area contributed by atoms with Crippen LogP contribution in [0.5, 0.6) is 0 Å². The van der Waals surface area contributed by atoms with Crippen molar-refractivity contribution in [3.8, 4) is 11.4 Å². The van der Waals surface area contributed by atoms with Gasteiger partial charge in [-0.25, -0.2) is 4.68 Å². The lowest BCUT2D eigenvalue weighted by atomic mass is 10.1. The largest absolute Gasteiger partial charge is 0.398 e. The molecule has 0 amide bonds. The minimum absolute atomic E-state index is 0.345. The number of benzene rings is 1. The van der Waals surface area contributed by atoms with Gasteiger partial charge in [-0.3, -0.25) is 0 Å². The van der Waals surface area contributed by atoms with Gasteiger partial charge in [-0.15, -0.1) is 5.10 Å². The highest BCUT2D eigenvalue weighted by atomic mass is 16.5. The Hall–Kier alpha value is -1.95. The summed E-state index contributed by atoms with van der Waals surface area (Å²) in [6, 6.07) is 5.81. The van der Waals surface area contributed by atoms with Gasteiger partial charge in [0.2, 0.25) is 0 Å². The molecule has 2 aromatic rings. The SMILES string of the molecule is COC(C)(C)Cn1nnnc1-c1cc(C)ccc1N. The van der Waals surface area contributed by atoms with E-state index in [0.717, 1.165) is 11.1 Å². The molecule has 2 N–H and O–H groups in total. The second kappa shape index (κ2) is 4.97. The molecular weight excluding hydrogens is 242 g/mol. The molecule has 0 fully saturated rings. The molecule has 0 aliphatic carbocycles. The predicted octanol–water partition coefficient (Wildman–Crippen LogP) is 1.66. The molecule has 19 heavy (non-hydrogen) atoms. The molecular formula is C13H19N5O. The molecule has 0 radical (unpaired) electrons. The fourth-order valence-corrected chi connectivity index (χ4v) is 1.79. The van der Waals surface area contributed by atoms with Gasteiger partial charge in [0, 0.05) is 18.4 Å². The Kier molecular flexibility index (Phi) is 3.53. The van der Waals surface area contributed by atoms with Crippen LogP contribution in [0, 0.1) is 6.92 Å². The third kappa shape index (κ3) is 2.90. The molecule has 0 spiro atoms. The molecule has 1 aromatic carbocycles. The van der Waals surface area contributed by atoms with Crippen molar-refractivity contribution in [2.45, 2.75) is 32.9 Å². The minimum Gasteiger partial charge on any atom is -0.398 e. The highest BCUT2D eigenvalue weighted by Crippen LogP contribution is 2.25. The van der Waals surface area contributed by atoms with Gasteiger partial charge in [0.05, 0.1) is 12.1 Å². The van der Waals surface area contributed by atoms with Crippen molar-refractivity contribution < 1.29 is 4.74 Å². The van der Waals surface area contributed by atoms with Crippen LogP contribution in [0.1, 0.15) is 19.4 Å². The van der Waals surface area contributed by atoms with Gasteiger partial charge >= 0.3 is 0 Å². The smallest absolute Gasteiger partial charge is 0.184 e. The van der Waals surface area contributed by atoms with Gasteiger partial charge < -0.3 is 10.5 Å². The Morgan fingerprint density at radius 2 is 2.11 bits per heavy atom. The summed E-state index contributed by atoms with van der Waals surface area (Å²) < 4.78 is 7.13. The van der Waals surface area contributed by atoms with Crippen LogP contribution in [-0.4, -0.2) is 32.9 Å². The molecule has 0 unspecified atom stereocenters. The van der Waals surface area contributed by atoms with Crippen molar-refractivity contribution in [1.29, 1.82) is 0 Å². The van der Waals surface area contributed by atoms with Crippen LogP contribution in [0.3, 0.4) is 0 Å². The number of anilines is 1. The number of hydrogen-bond donors (Lipinski definition) is 1. The van der Waals surface area contributed by atoms with Crippen molar-refractivity contribution in [3.63, 3.8) is 0 Å². The molecule has 0 bridgehead atoms. The Bertz CT molecular complexity index is 576. The van der Waals surface area contributed by atoms with Crippen molar-refractivity contribution in [1.82, 2.24) is 20.2 Å². The van der Waals surface area contributed by atoms with E-state index >= 15 is 0 Å². The summed E-state index contributed by atoms with van der Waals surface area (Å²) in [5.41, 5.74) is 8.28. The van der Waals surface area contributed by atoms with Gasteiger partial charge in [0.25, 0.3) is 0 Å². The molecule has 2 rings (SSSR count). The van der Waals surface area contributed by atoms with E-state index in [0.29, 0.717) is 18.1 Å². The lowest BCUT2D eigenvalue weighted by Crippen LogP contribution is -2.30. The Balaban J connectivity index is 2.42. The maximum atomic E-state index is 6.01. The highest BCUT2D eigenvalue weighted by Gasteiger charge is 2.21. The molecule has 1 heterocycles. The standard InChI is InChI=1S/C13H19N5O/c1-9-5-6-11(14)10(7-9)12-15-16-17-18(12)8-13(2,3)19-4/h5-7H,8,14H2,1-4H3. The van der Waals surface area contributed by atoms with E-state index in [9.17, 15) is 0 Å². The summed E-state index contributed by atoms with van der Waals surface area (Å²) in [5.74, 6) is 0.659. The van der Waals surface area contributed by atoms with Gasteiger partial charge in [0.15, 0.2) is 5.82 Å².